The van der Waals surface area contributed by atoms with Crippen molar-refractivity contribution in [2.45, 2.75) is 18.9 Å². The van der Waals surface area contributed by atoms with Crippen LogP contribution in [0.4, 0.5) is 8.78 Å². The molecule has 0 fully saturated rings. The number of nitrogens with one attached hydrogen (secondary N) is 1. The van der Waals surface area contributed by atoms with Crippen molar-refractivity contribution in [2.24, 2.45) is 7.05 Å². The first kappa shape index (κ1) is 20.3. The molecule has 0 saturated carbocycles. The summed E-state index contributed by atoms with van der Waals surface area (Å²) in [6, 6.07) is 6.79. The zero-order valence-corrected chi connectivity index (χ0v) is 17.9. The van der Waals surface area contributed by atoms with Crippen LogP contribution < -0.4 is 0 Å². The molecule has 34 heavy (non-hydrogen) atoms. The number of hydrogen-bond donors (Lipinski definition) is 1. The molecule has 10 nitrogen and oxygen atoms in total. The number of aromatic amines is 1. The predicted octanol–water partition coefficient (Wildman–Crippen LogP) is 3.17. The summed E-state index contributed by atoms with van der Waals surface area (Å²) in [4.78, 5) is 30.6. The maximum absolute atomic E-state index is 13.9. The summed E-state index contributed by atoms with van der Waals surface area (Å²) >= 11 is 0. The Bertz CT molecular complexity index is 1480. The maximum Gasteiger partial charge on any atom is 0.292 e. The van der Waals surface area contributed by atoms with Crippen molar-refractivity contribution in [3.63, 3.8) is 0 Å². The first-order valence-electron chi connectivity index (χ1n) is 10.5. The molecule has 0 aromatic carbocycles. The molecule has 12 heteroatoms. The number of oxazole rings is 1. The Kier molecular flexibility index (Phi) is 4.54. The summed E-state index contributed by atoms with van der Waals surface area (Å²) in [5.41, 5.74) is 2.56. The summed E-state index contributed by atoms with van der Waals surface area (Å²) in [7, 11) is 1.68. The molecule has 1 amide bonds. The number of imidazole rings is 2. The van der Waals surface area contributed by atoms with Gasteiger partial charge in [0, 0.05) is 31.9 Å². The number of H-pyrrole nitrogens is 1. The molecule has 0 bridgehead atoms. The van der Waals surface area contributed by atoms with Gasteiger partial charge in [-0.25, -0.2) is 28.2 Å². The highest BCUT2D eigenvalue weighted by Crippen LogP contribution is 2.36. The number of fused-ring (bicyclic) bond motifs is 2. The fourth-order valence-electron chi connectivity index (χ4n) is 4.32. The van der Waals surface area contributed by atoms with Gasteiger partial charge >= 0.3 is 0 Å². The van der Waals surface area contributed by atoms with E-state index >= 15 is 0 Å². The summed E-state index contributed by atoms with van der Waals surface area (Å²) in [5, 5.41) is 4.62. The Morgan fingerprint density at radius 2 is 2.21 bits per heavy atom. The van der Waals surface area contributed by atoms with Crippen LogP contribution in [0.25, 0.3) is 17.1 Å². The molecule has 1 N–H and O–H groups in total. The van der Waals surface area contributed by atoms with E-state index in [-0.39, 0.29) is 12.4 Å². The largest absolute Gasteiger partial charge is 0.429 e. The first-order chi connectivity index (χ1) is 16.5. The average molecular weight is 464 g/mol. The molecule has 172 valence electrons. The van der Waals surface area contributed by atoms with Crippen molar-refractivity contribution < 1.29 is 18.0 Å². The van der Waals surface area contributed by atoms with Crippen LogP contribution in [0.5, 0.6) is 0 Å². The molecular weight excluding hydrogens is 446 g/mol. The van der Waals surface area contributed by atoms with Crippen molar-refractivity contribution in [3.8, 4) is 11.6 Å². The van der Waals surface area contributed by atoms with E-state index in [2.05, 4.69) is 25.0 Å². The predicted molar refractivity (Wildman–Crippen MR) is 114 cm³/mol. The quantitative estimate of drug-likeness (QED) is 0.438. The fourth-order valence-corrected chi connectivity index (χ4v) is 4.32. The Morgan fingerprint density at radius 1 is 1.32 bits per heavy atom. The van der Waals surface area contributed by atoms with Crippen LogP contribution in [0.1, 0.15) is 45.8 Å². The van der Waals surface area contributed by atoms with Crippen molar-refractivity contribution in [1.29, 1.82) is 0 Å². The third-order valence-electron chi connectivity index (χ3n) is 5.94. The lowest BCUT2D eigenvalue weighted by Crippen LogP contribution is -2.41. The van der Waals surface area contributed by atoms with Gasteiger partial charge in [-0.1, -0.05) is 6.07 Å². The Labute approximate surface area is 190 Å². The van der Waals surface area contributed by atoms with Crippen LogP contribution in [0.2, 0.25) is 0 Å². The van der Waals surface area contributed by atoms with Crippen molar-refractivity contribution >= 4 is 11.4 Å². The van der Waals surface area contributed by atoms with Gasteiger partial charge in [0.15, 0.2) is 5.69 Å². The number of aryl methyl sites for hydroxylation is 1. The molecular formula is C22H18F2N8O2. The SMILES string of the molecule is Cn1cncc1-c1nc(C(F)F)c(C(=O)N2CCc3[nH]cnc3[C@H]2c2cc3ccccn3n2)o1. The fraction of sp³-hybridized carbons (Fsp3) is 0.227. The molecule has 1 atom stereocenters. The average Bonchev–Trinajstić information content (AvgIpc) is 3.62. The number of pyridine rings is 1. The molecule has 0 radical (unpaired) electrons. The first-order valence-corrected chi connectivity index (χ1v) is 10.5. The molecule has 6 heterocycles. The second-order valence-corrected chi connectivity index (χ2v) is 7.98. The lowest BCUT2D eigenvalue weighted by molar-refractivity contribution is 0.0640. The minimum absolute atomic E-state index is 0.0969. The van der Waals surface area contributed by atoms with Crippen molar-refractivity contribution in [2.75, 3.05) is 6.54 Å². The standard InChI is InChI=1S/C22H18F2N8O2/c1-30-11-25-9-15(30)21-28-17(20(23)24)19(34-21)22(33)31-7-5-13-16(27-10-26-13)18(31)14-8-12-4-2-3-6-32(12)29-14/h2-4,6,8-11,18,20H,5,7H2,1H3,(H,26,27)/t18-/m1/s1. The number of carbonyl (C=O) groups excluding carboxylic acids is 1. The van der Waals surface area contributed by atoms with E-state index in [1.54, 1.807) is 28.7 Å². The van der Waals surface area contributed by atoms with Crippen LogP contribution in [0, 0.1) is 0 Å². The summed E-state index contributed by atoms with van der Waals surface area (Å²) in [6.45, 7) is 0.261. The summed E-state index contributed by atoms with van der Waals surface area (Å²) < 4.78 is 36.7. The van der Waals surface area contributed by atoms with Gasteiger partial charge in [-0.3, -0.25) is 4.79 Å². The van der Waals surface area contributed by atoms with E-state index in [4.69, 9.17) is 4.42 Å². The van der Waals surface area contributed by atoms with Crippen molar-refractivity contribution in [3.05, 3.63) is 77.8 Å². The molecule has 0 unspecified atom stereocenters. The minimum atomic E-state index is -3.00. The van der Waals surface area contributed by atoms with Gasteiger partial charge in [-0.2, -0.15) is 5.10 Å². The Balaban J connectivity index is 1.46. The topological polar surface area (TPSA) is 110 Å². The monoisotopic (exact) mass is 464 g/mol. The molecule has 5 aromatic heterocycles. The van der Waals surface area contributed by atoms with E-state index in [1.807, 2.05) is 24.3 Å². The molecule has 0 aliphatic carbocycles. The lowest BCUT2D eigenvalue weighted by atomic mass is 9.99. The highest BCUT2D eigenvalue weighted by atomic mass is 19.3. The van der Waals surface area contributed by atoms with Gasteiger partial charge in [0.25, 0.3) is 12.3 Å². The minimum Gasteiger partial charge on any atom is -0.429 e. The van der Waals surface area contributed by atoms with Crippen LogP contribution in [-0.2, 0) is 13.5 Å². The zero-order valence-electron chi connectivity index (χ0n) is 17.9. The number of hydrogen-bond acceptors (Lipinski definition) is 6. The van der Waals surface area contributed by atoms with Gasteiger partial charge in [0.2, 0.25) is 11.7 Å². The summed E-state index contributed by atoms with van der Waals surface area (Å²) in [6.07, 6.45) is 3.77. The zero-order chi connectivity index (χ0) is 23.4. The van der Waals surface area contributed by atoms with E-state index < -0.39 is 29.8 Å². The number of halogens is 2. The second-order valence-electron chi connectivity index (χ2n) is 7.98. The number of nitrogens with zero attached hydrogens (tertiary/aromatic N) is 7. The van der Waals surface area contributed by atoms with Gasteiger partial charge in [-0.05, 0) is 18.2 Å². The van der Waals surface area contributed by atoms with Crippen LogP contribution in [-0.4, -0.2) is 51.5 Å². The molecule has 0 saturated heterocycles. The maximum atomic E-state index is 13.9. The number of aromatic nitrogens is 7. The summed E-state index contributed by atoms with van der Waals surface area (Å²) in [5.74, 6) is -1.30. The smallest absolute Gasteiger partial charge is 0.292 e. The second kappa shape index (κ2) is 7.61. The Hall–Kier alpha value is -4.35. The van der Waals surface area contributed by atoms with Gasteiger partial charge < -0.3 is 18.9 Å². The van der Waals surface area contributed by atoms with Gasteiger partial charge in [0.1, 0.15) is 11.7 Å². The van der Waals surface area contributed by atoms with E-state index in [9.17, 15) is 13.6 Å². The van der Waals surface area contributed by atoms with Crippen LogP contribution >= 0.6 is 0 Å². The van der Waals surface area contributed by atoms with E-state index in [0.717, 1.165) is 11.2 Å². The Morgan fingerprint density at radius 3 is 2.97 bits per heavy atom. The van der Waals surface area contributed by atoms with E-state index in [0.29, 0.717) is 23.5 Å². The number of rotatable bonds is 4. The highest BCUT2D eigenvalue weighted by Gasteiger charge is 2.40. The number of amides is 1. The highest BCUT2D eigenvalue weighted by molar-refractivity contribution is 5.93. The lowest BCUT2D eigenvalue weighted by Gasteiger charge is -2.33. The third-order valence-corrected chi connectivity index (χ3v) is 5.94. The molecule has 5 aromatic rings. The van der Waals surface area contributed by atoms with Crippen molar-refractivity contribution in [1.82, 2.24) is 39.0 Å². The molecule has 1 aliphatic rings. The molecule has 0 spiro atoms. The molecule has 1 aliphatic heterocycles. The normalized spacial score (nSPS) is 15.9. The molecule has 6 rings (SSSR count). The third kappa shape index (κ3) is 3.10. The number of carbonyl (C=O) groups is 1. The van der Waals surface area contributed by atoms with E-state index in [1.165, 1.54) is 17.4 Å². The van der Waals surface area contributed by atoms with Gasteiger partial charge in [-0.15, -0.1) is 0 Å². The van der Waals surface area contributed by atoms with Gasteiger partial charge in [0.05, 0.1) is 35.8 Å². The number of alkyl halides is 2. The van der Waals surface area contributed by atoms with Crippen LogP contribution in [0.15, 0.2) is 53.7 Å². The van der Waals surface area contributed by atoms with Crippen LogP contribution in [0.3, 0.4) is 0 Å².